The van der Waals surface area contributed by atoms with Gasteiger partial charge in [0.15, 0.2) is 0 Å². The highest BCUT2D eigenvalue weighted by atomic mass is 16.5. The zero-order valence-electron chi connectivity index (χ0n) is 15.1. The van der Waals surface area contributed by atoms with Gasteiger partial charge in [-0.15, -0.1) is 0 Å². The third kappa shape index (κ3) is 5.06. The molecule has 1 N–H and O–H groups in total. The van der Waals surface area contributed by atoms with Gasteiger partial charge in [-0.1, -0.05) is 18.6 Å². The molecule has 2 aromatic rings. The van der Waals surface area contributed by atoms with E-state index in [-0.39, 0.29) is 0 Å². The lowest BCUT2D eigenvalue weighted by Gasteiger charge is -2.35. The fourth-order valence-corrected chi connectivity index (χ4v) is 3.66. The van der Waals surface area contributed by atoms with Crippen LogP contribution in [0.1, 0.15) is 37.1 Å². The van der Waals surface area contributed by atoms with Crippen LogP contribution in [0.5, 0.6) is 5.75 Å². The van der Waals surface area contributed by atoms with Crippen LogP contribution in [0.3, 0.4) is 0 Å². The molecule has 1 saturated heterocycles. The molecule has 25 heavy (non-hydrogen) atoms. The van der Waals surface area contributed by atoms with Gasteiger partial charge in [0, 0.05) is 32.1 Å². The average Bonchev–Trinajstić information content (AvgIpc) is 3.07. The molecule has 1 fully saturated rings. The number of rotatable bonds is 8. The molecular formula is C20H29N3O2. The van der Waals surface area contributed by atoms with Gasteiger partial charge in [-0.25, -0.2) is 4.98 Å². The molecule has 1 aliphatic rings. The number of hydrogen-bond acceptors (Lipinski definition) is 4. The van der Waals surface area contributed by atoms with Crippen LogP contribution in [0.15, 0.2) is 36.7 Å². The Labute approximate surface area is 150 Å². The molecule has 1 aliphatic heterocycles. The third-order valence-corrected chi connectivity index (χ3v) is 5.13. The van der Waals surface area contributed by atoms with E-state index in [4.69, 9.17) is 4.74 Å². The highest BCUT2D eigenvalue weighted by Crippen LogP contribution is 2.23. The molecule has 0 radical (unpaired) electrons. The molecule has 2 heterocycles. The quantitative estimate of drug-likeness (QED) is 0.799. The minimum Gasteiger partial charge on any atom is -0.508 e. The molecule has 0 bridgehead atoms. The van der Waals surface area contributed by atoms with Crippen molar-refractivity contribution in [3.05, 3.63) is 48.0 Å². The van der Waals surface area contributed by atoms with Crippen molar-refractivity contribution in [2.45, 2.75) is 51.2 Å². The van der Waals surface area contributed by atoms with Gasteiger partial charge in [0.1, 0.15) is 11.6 Å². The Bertz CT molecular complexity index is 639. The summed E-state index contributed by atoms with van der Waals surface area (Å²) in [5, 5.41) is 9.42. The van der Waals surface area contributed by atoms with Crippen molar-refractivity contribution in [3.63, 3.8) is 0 Å². The summed E-state index contributed by atoms with van der Waals surface area (Å²) >= 11 is 0. The van der Waals surface area contributed by atoms with Crippen molar-refractivity contribution in [3.8, 4) is 5.75 Å². The molecule has 0 aliphatic carbocycles. The molecule has 5 heteroatoms. The Balaban J connectivity index is 1.59. The molecule has 0 saturated carbocycles. The number of phenolic OH excluding ortho intramolecular Hbond substituents is 1. The number of aromatic hydroxyl groups is 1. The summed E-state index contributed by atoms with van der Waals surface area (Å²) in [7, 11) is 1.74. The number of aryl methyl sites for hydroxylation is 1. The Hall–Kier alpha value is -1.85. The van der Waals surface area contributed by atoms with Gasteiger partial charge in [-0.05, 0) is 49.9 Å². The second-order valence-electron chi connectivity index (χ2n) is 6.85. The number of hydrogen-bond donors (Lipinski definition) is 1. The lowest BCUT2D eigenvalue weighted by Crippen LogP contribution is -2.40. The topological polar surface area (TPSA) is 50.5 Å². The van der Waals surface area contributed by atoms with E-state index >= 15 is 0 Å². The van der Waals surface area contributed by atoms with Crippen LogP contribution < -0.4 is 0 Å². The lowest BCUT2D eigenvalue weighted by molar-refractivity contribution is 0.125. The van der Waals surface area contributed by atoms with Crippen molar-refractivity contribution in [1.29, 1.82) is 0 Å². The van der Waals surface area contributed by atoms with Crippen molar-refractivity contribution < 1.29 is 9.84 Å². The number of ether oxygens (including phenoxy) is 1. The molecule has 1 unspecified atom stereocenters. The average molecular weight is 343 g/mol. The van der Waals surface area contributed by atoms with Crippen LogP contribution in [-0.2, 0) is 24.2 Å². The zero-order valence-corrected chi connectivity index (χ0v) is 15.1. The number of likely N-dealkylation sites (tertiary alicyclic amines) is 1. The van der Waals surface area contributed by atoms with E-state index in [9.17, 15) is 5.11 Å². The minimum absolute atomic E-state index is 0.339. The summed E-state index contributed by atoms with van der Waals surface area (Å²) in [5.74, 6) is 1.47. The standard InChI is InChI=1S/C20H29N3O2/c1-25-15-14-22-13-11-21-20(22)16-23-12-3-2-4-18(23)8-5-17-6-9-19(24)10-7-17/h6-7,9-11,13,18,24H,2-5,8,12,14-16H2,1H3. The Morgan fingerprint density at radius 1 is 1.24 bits per heavy atom. The van der Waals surface area contributed by atoms with Gasteiger partial charge < -0.3 is 14.4 Å². The first-order valence-corrected chi connectivity index (χ1v) is 9.27. The maximum atomic E-state index is 9.42. The zero-order chi connectivity index (χ0) is 17.5. The van der Waals surface area contributed by atoms with Gasteiger partial charge >= 0.3 is 0 Å². The summed E-state index contributed by atoms with van der Waals surface area (Å²) < 4.78 is 7.40. The van der Waals surface area contributed by atoms with Crippen LogP contribution in [-0.4, -0.2) is 45.9 Å². The van der Waals surface area contributed by atoms with Gasteiger partial charge in [0.2, 0.25) is 0 Å². The number of piperidine rings is 1. The molecule has 136 valence electrons. The third-order valence-electron chi connectivity index (χ3n) is 5.13. The Morgan fingerprint density at radius 3 is 2.88 bits per heavy atom. The van der Waals surface area contributed by atoms with Crippen LogP contribution in [0.4, 0.5) is 0 Å². The van der Waals surface area contributed by atoms with E-state index in [1.807, 2.05) is 24.5 Å². The van der Waals surface area contributed by atoms with Crippen LogP contribution in [0.2, 0.25) is 0 Å². The molecule has 1 aromatic carbocycles. The monoisotopic (exact) mass is 343 g/mol. The lowest BCUT2D eigenvalue weighted by atomic mass is 9.96. The number of imidazole rings is 1. The van der Waals surface area contributed by atoms with Crippen LogP contribution in [0, 0.1) is 0 Å². The smallest absolute Gasteiger partial charge is 0.122 e. The van der Waals surface area contributed by atoms with Crippen molar-refractivity contribution in [2.24, 2.45) is 0 Å². The number of benzene rings is 1. The largest absolute Gasteiger partial charge is 0.508 e. The highest BCUT2D eigenvalue weighted by molar-refractivity contribution is 5.25. The summed E-state index contributed by atoms with van der Waals surface area (Å²) in [6.07, 6.45) is 9.99. The molecule has 3 rings (SSSR count). The summed E-state index contributed by atoms with van der Waals surface area (Å²) in [6.45, 7) is 3.64. The Morgan fingerprint density at radius 2 is 2.08 bits per heavy atom. The van der Waals surface area contributed by atoms with Gasteiger partial charge in [0.25, 0.3) is 0 Å². The second-order valence-corrected chi connectivity index (χ2v) is 6.85. The van der Waals surface area contributed by atoms with E-state index in [0.29, 0.717) is 18.4 Å². The first-order chi connectivity index (χ1) is 12.3. The maximum absolute atomic E-state index is 9.42. The number of nitrogens with zero attached hydrogens (tertiary/aromatic N) is 3. The van der Waals surface area contributed by atoms with E-state index in [1.54, 1.807) is 19.2 Å². The summed E-state index contributed by atoms with van der Waals surface area (Å²) in [4.78, 5) is 7.16. The van der Waals surface area contributed by atoms with Crippen molar-refractivity contribution in [2.75, 3.05) is 20.3 Å². The van der Waals surface area contributed by atoms with Crippen LogP contribution >= 0.6 is 0 Å². The van der Waals surface area contributed by atoms with Crippen molar-refractivity contribution in [1.82, 2.24) is 14.5 Å². The summed E-state index contributed by atoms with van der Waals surface area (Å²) in [5.41, 5.74) is 1.30. The van der Waals surface area contributed by atoms with E-state index in [0.717, 1.165) is 38.3 Å². The highest BCUT2D eigenvalue weighted by Gasteiger charge is 2.23. The fraction of sp³-hybridized carbons (Fsp3) is 0.550. The fourth-order valence-electron chi connectivity index (χ4n) is 3.66. The van der Waals surface area contributed by atoms with Gasteiger partial charge in [-0.2, -0.15) is 0 Å². The van der Waals surface area contributed by atoms with Crippen molar-refractivity contribution >= 4 is 0 Å². The number of phenols is 1. The van der Waals surface area contributed by atoms with Gasteiger partial charge in [0.05, 0.1) is 13.2 Å². The number of methoxy groups -OCH3 is 1. The minimum atomic E-state index is 0.339. The predicted octanol–water partition coefficient (Wildman–Crippen LogP) is 3.22. The maximum Gasteiger partial charge on any atom is 0.122 e. The van der Waals surface area contributed by atoms with E-state index in [1.165, 1.54) is 24.8 Å². The predicted molar refractivity (Wildman–Crippen MR) is 98.6 cm³/mol. The molecule has 1 atom stereocenters. The van der Waals surface area contributed by atoms with Crippen LogP contribution in [0.25, 0.3) is 0 Å². The molecule has 5 nitrogen and oxygen atoms in total. The summed E-state index contributed by atoms with van der Waals surface area (Å²) in [6, 6.07) is 8.22. The first-order valence-electron chi connectivity index (χ1n) is 9.27. The molecular weight excluding hydrogens is 314 g/mol. The van der Waals surface area contributed by atoms with E-state index < -0.39 is 0 Å². The first kappa shape index (κ1) is 18.0. The SMILES string of the molecule is COCCn1ccnc1CN1CCCCC1CCc1ccc(O)cc1. The molecule has 0 amide bonds. The van der Waals surface area contributed by atoms with E-state index in [2.05, 4.69) is 14.5 Å². The second kappa shape index (κ2) is 9.02. The molecule has 1 aromatic heterocycles. The number of aromatic nitrogens is 2. The normalized spacial score (nSPS) is 18.5. The molecule has 0 spiro atoms. The Kier molecular flexibility index (Phi) is 6.48. The van der Waals surface area contributed by atoms with Gasteiger partial charge in [-0.3, -0.25) is 4.90 Å².